The molecule has 0 spiro atoms. The predicted molar refractivity (Wildman–Crippen MR) is 64.2 cm³/mol. The number of hydrogen-bond donors (Lipinski definition) is 2. The molecule has 17 heavy (non-hydrogen) atoms. The Hall–Kier alpha value is -1.59. The first-order chi connectivity index (χ1) is 7.56. The van der Waals surface area contributed by atoms with Crippen molar-refractivity contribution in [2.24, 2.45) is 5.73 Å². The zero-order valence-corrected chi connectivity index (χ0v) is 10.1. The van der Waals surface area contributed by atoms with Crippen molar-refractivity contribution in [2.45, 2.75) is 12.5 Å². The van der Waals surface area contributed by atoms with Crippen molar-refractivity contribution < 1.29 is 19.4 Å². The van der Waals surface area contributed by atoms with E-state index in [1.807, 2.05) is 0 Å². The van der Waals surface area contributed by atoms with Gasteiger partial charge in [-0.15, -0.1) is 12.4 Å². The van der Waals surface area contributed by atoms with Gasteiger partial charge in [0.15, 0.2) is 0 Å². The first kappa shape index (κ1) is 15.4. The van der Waals surface area contributed by atoms with Crippen LogP contribution in [0.4, 0.5) is 0 Å². The quantitative estimate of drug-likeness (QED) is 0.797. The lowest BCUT2D eigenvalue weighted by Gasteiger charge is -2.12. The molecule has 0 aromatic heterocycles. The molecule has 1 aromatic carbocycles. The largest absolute Gasteiger partial charge is 0.478 e. The monoisotopic (exact) mass is 259 g/mol. The number of aromatic carboxylic acids is 1. The number of nitrogens with two attached hydrogens (primary N) is 1. The maximum absolute atomic E-state index is 11.0. The SMILES string of the molecule is COC(=O)C[C@@H](N)c1ccccc1C(=O)O.Cl. The van der Waals surface area contributed by atoms with Gasteiger partial charge in [-0.3, -0.25) is 4.79 Å². The average molecular weight is 260 g/mol. The molecule has 0 aliphatic carbocycles. The Labute approximate surface area is 105 Å². The summed E-state index contributed by atoms with van der Waals surface area (Å²) in [6, 6.07) is 5.67. The van der Waals surface area contributed by atoms with E-state index in [0.717, 1.165) is 0 Å². The summed E-state index contributed by atoms with van der Waals surface area (Å²) in [6.07, 6.45) is -0.0409. The molecule has 6 heteroatoms. The molecule has 0 amide bonds. The fourth-order valence-electron chi connectivity index (χ4n) is 1.39. The standard InChI is InChI=1S/C11H13NO4.ClH/c1-16-10(13)6-9(12)7-4-2-3-5-8(7)11(14)15;/h2-5,9H,6,12H2,1H3,(H,14,15);1H/t9-;/m1./s1. The van der Waals surface area contributed by atoms with E-state index < -0.39 is 18.0 Å². The maximum Gasteiger partial charge on any atom is 0.336 e. The number of benzene rings is 1. The number of carboxylic acids is 1. The molecule has 1 atom stereocenters. The molecule has 1 aromatic rings. The molecule has 3 N–H and O–H groups in total. The van der Waals surface area contributed by atoms with Crippen LogP contribution in [0.1, 0.15) is 28.4 Å². The van der Waals surface area contributed by atoms with Crippen LogP contribution in [-0.2, 0) is 9.53 Å². The van der Waals surface area contributed by atoms with E-state index in [-0.39, 0.29) is 24.4 Å². The second kappa shape index (κ2) is 6.88. The lowest BCUT2D eigenvalue weighted by Crippen LogP contribution is -2.19. The molecule has 1 rings (SSSR count). The molecule has 0 aliphatic rings. The molecule has 5 nitrogen and oxygen atoms in total. The minimum absolute atomic E-state index is 0. The third-order valence-electron chi connectivity index (χ3n) is 2.20. The van der Waals surface area contributed by atoms with Gasteiger partial charge in [-0.25, -0.2) is 4.79 Å². The highest BCUT2D eigenvalue weighted by Crippen LogP contribution is 2.19. The number of carbonyl (C=O) groups excluding carboxylic acids is 1. The number of carboxylic acid groups (broad SMARTS) is 1. The lowest BCUT2D eigenvalue weighted by atomic mass is 9.99. The maximum atomic E-state index is 11.0. The van der Waals surface area contributed by atoms with E-state index >= 15 is 0 Å². The van der Waals surface area contributed by atoms with Crippen LogP contribution in [0.2, 0.25) is 0 Å². The minimum Gasteiger partial charge on any atom is -0.478 e. The van der Waals surface area contributed by atoms with Crippen molar-refractivity contribution in [3.8, 4) is 0 Å². The van der Waals surface area contributed by atoms with Crippen molar-refractivity contribution in [3.63, 3.8) is 0 Å². The molecule has 0 fully saturated rings. The van der Waals surface area contributed by atoms with Gasteiger partial charge in [0.05, 0.1) is 19.1 Å². The molecule has 0 saturated carbocycles. The first-order valence-corrected chi connectivity index (χ1v) is 4.71. The van der Waals surface area contributed by atoms with Gasteiger partial charge in [0.1, 0.15) is 0 Å². The second-order valence-corrected chi connectivity index (χ2v) is 3.28. The highest BCUT2D eigenvalue weighted by Gasteiger charge is 2.18. The second-order valence-electron chi connectivity index (χ2n) is 3.28. The van der Waals surface area contributed by atoms with Crippen LogP contribution < -0.4 is 5.73 Å². The highest BCUT2D eigenvalue weighted by molar-refractivity contribution is 5.89. The normalized spacial score (nSPS) is 11.2. The zero-order chi connectivity index (χ0) is 12.1. The van der Waals surface area contributed by atoms with Crippen LogP contribution >= 0.6 is 12.4 Å². The third-order valence-corrected chi connectivity index (χ3v) is 2.20. The van der Waals surface area contributed by atoms with Gasteiger partial charge < -0.3 is 15.6 Å². The first-order valence-electron chi connectivity index (χ1n) is 4.71. The Morgan fingerprint density at radius 3 is 2.53 bits per heavy atom. The Kier molecular flexibility index (Phi) is 6.23. The summed E-state index contributed by atoms with van der Waals surface area (Å²) in [7, 11) is 1.26. The number of carbonyl (C=O) groups is 2. The van der Waals surface area contributed by atoms with Gasteiger partial charge in [-0.2, -0.15) is 0 Å². The number of methoxy groups -OCH3 is 1. The number of hydrogen-bond acceptors (Lipinski definition) is 4. The Bertz CT molecular complexity index is 408. The van der Waals surface area contributed by atoms with E-state index in [4.69, 9.17) is 10.8 Å². The van der Waals surface area contributed by atoms with Crippen LogP contribution in [0.25, 0.3) is 0 Å². The van der Waals surface area contributed by atoms with E-state index in [0.29, 0.717) is 5.56 Å². The van der Waals surface area contributed by atoms with Crippen molar-refractivity contribution in [3.05, 3.63) is 35.4 Å². The topological polar surface area (TPSA) is 89.6 Å². The van der Waals surface area contributed by atoms with Crippen LogP contribution in [0.3, 0.4) is 0 Å². The molecular formula is C11H14ClNO4. The molecule has 0 bridgehead atoms. The fraction of sp³-hybridized carbons (Fsp3) is 0.273. The summed E-state index contributed by atoms with van der Waals surface area (Å²) in [5.74, 6) is -1.52. The summed E-state index contributed by atoms with van der Waals surface area (Å²) in [6.45, 7) is 0. The van der Waals surface area contributed by atoms with Crippen LogP contribution in [-0.4, -0.2) is 24.2 Å². The van der Waals surface area contributed by atoms with Gasteiger partial charge in [0.2, 0.25) is 0 Å². The molecule has 0 saturated heterocycles. The number of esters is 1. The average Bonchev–Trinajstić information content (AvgIpc) is 2.28. The highest BCUT2D eigenvalue weighted by atomic mass is 35.5. The van der Waals surface area contributed by atoms with Crippen LogP contribution in [0.15, 0.2) is 24.3 Å². The molecule has 0 aliphatic heterocycles. The molecule has 0 heterocycles. The summed E-state index contributed by atoms with van der Waals surface area (Å²) in [5, 5.41) is 8.93. The Morgan fingerprint density at radius 2 is 2.00 bits per heavy atom. The van der Waals surface area contributed by atoms with Crippen molar-refractivity contribution in [2.75, 3.05) is 7.11 Å². The summed E-state index contributed by atoms with van der Waals surface area (Å²) >= 11 is 0. The lowest BCUT2D eigenvalue weighted by molar-refractivity contribution is -0.141. The van der Waals surface area contributed by atoms with Gasteiger partial charge in [-0.05, 0) is 11.6 Å². The molecule has 94 valence electrons. The van der Waals surface area contributed by atoms with Gasteiger partial charge in [-0.1, -0.05) is 18.2 Å². The molecular weight excluding hydrogens is 246 g/mol. The molecule has 0 radical (unpaired) electrons. The number of rotatable bonds is 4. The summed E-state index contributed by atoms with van der Waals surface area (Å²) < 4.78 is 4.48. The summed E-state index contributed by atoms with van der Waals surface area (Å²) in [4.78, 5) is 21.9. The predicted octanol–water partition coefficient (Wildman–Crippen LogP) is 1.37. The third kappa shape index (κ3) is 4.05. The Morgan fingerprint density at radius 1 is 1.41 bits per heavy atom. The number of halogens is 1. The van der Waals surface area contributed by atoms with Gasteiger partial charge >= 0.3 is 11.9 Å². The number of ether oxygens (including phenoxy) is 1. The van der Waals surface area contributed by atoms with Gasteiger partial charge in [0, 0.05) is 6.04 Å². The minimum atomic E-state index is -1.06. The van der Waals surface area contributed by atoms with Crippen LogP contribution in [0.5, 0.6) is 0 Å². The van der Waals surface area contributed by atoms with E-state index in [2.05, 4.69) is 4.74 Å². The van der Waals surface area contributed by atoms with E-state index in [1.165, 1.54) is 13.2 Å². The smallest absolute Gasteiger partial charge is 0.336 e. The van der Waals surface area contributed by atoms with Gasteiger partial charge in [0.25, 0.3) is 0 Å². The fourth-order valence-corrected chi connectivity index (χ4v) is 1.39. The Balaban J connectivity index is 0.00000256. The van der Waals surface area contributed by atoms with E-state index in [9.17, 15) is 9.59 Å². The molecule has 0 unspecified atom stereocenters. The van der Waals surface area contributed by atoms with Crippen molar-refractivity contribution in [1.82, 2.24) is 0 Å². The van der Waals surface area contributed by atoms with Crippen molar-refractivity contribution >= 4 is 24.3 Å². The summed E-state index contributed by atoms with van der Waals surface area (Å²) in [5.41, 5.74) is 6.29. The van der Waals surface area contributed by atoms with Crippen molar-refractivity contribution in [1.29, 1.82) is 0 Å². The van der Waals surface area contributed by atoms with E-state index in [1.54, 1.807) is 18.2 Å². The van der Waals surface area contributed by atoms with Crippen LogP contribution in [0, 0.1) is 0 Å². The zero-order valence-electron chi connectivity index (χ0n) is 9.25.